The van der Waals surface area contributed by atoms with Gasteiger partial charge in [-0.3, -0.25) is 4.79 Å². The number of hydrogen-bond acceptors (Lipinski definition) is 3. The summed E-state index contributed by atoms with van der Waals surface area (Å²) in [6.07, 6.45) is -3.67. The van der Waals surface area contributed by atoms with Gasteiger partial charge in [0.15, 0.2) is 5.96 Å². The molecular formula is C17H25F3N4O2. The third-order valence-corrected chi connectivity index (χ3v) is 3.40. The zero-order valence-electron chi connectivity index (χ0n) is 15.2. The van der Waals surface area contributed by atoms with Crippen LogP contribution in [0.4, 0.5) is 13.2 Å². The number of amides is 1. The molecule has 0 saturated heterocycles. The van der Waals surface area contributed by atoms with Crippen molar-refractivity contribution in [3.8, 4) is 0 Å². The summed E-state index contributed by atoms with van der Waals surface area (Å²) in [6.45, 7) is 1.20. The van der Waals surface area contributed by atoms with Crippen LogP contribution in [0.1, 0.15) is 17.5 Å². The van der Waals surface area contributed by atoms with E-state index in [9.17, 15) is 18.0 Å². The quantitative estimate of drug-likeness (QED) is 0.414. The SMILES string of the molecule is COCCCNC(=NCc1cccc(C(F)(F)F)c1)NCC(=O)N(C)C. The van der Waals surface area contributed by atoms with E-state index < -0.39 is 11.7 Å². The highest BCUT2D eigenvalue weighted by Crippen LogP contribution is 2.29. The standard InChI is InChI=1S/C17H25F3N4O2/c1-24(2)15(25)12-23-16(21-8-5-9-26-3)22-11-13-6-4-7-14(10-13)17(18,19)20/h4,6-7,10H,5,8-9,11-12H2,1-3H3,(H2,21,22,23). The molecule has 26 heavy (non-hydrogen) atoms. The first-order chi connectivity index (χ1) is 12.2. The lowest BCUT2D eigenvalue weighted by atomic mass is 10.1. The molecule has 9 heteroatoms. The molecule has 0 bridgehead atoms. The number of nitrogens with one attached hydrogen (secondary N) is 2. The van der Waals surface area contributed by atoms with E-state index in [1.807, 2.05) is 0 Å². The molecule has 0 aliphatic carbocycles. The number of hydrogen-bond donors (Lipinski definition) is 2. The van der Waals surface area contributed by atoms with Crippen molar-refractivity contribution in [1.29, 1.82) is 0 Å². The molecule has 1 aromatic rings. The highest BCUT2D eigenvalue weighted by molar-refractivity contribution is 5.86. The molecule has 0 unspecified atom stereocenters. The number of alkyl halides is 3. The summed E-state index contributed by atoms with van der Waals surface area (Å²) >= 11 is 0. The van der Waals surface area contributed by atoms with Gasteiger partial charge in [-0.1, -0.05) is 12.1 Å². The van der Waals surface area contributed by atoms with Crippen molar-refractivity contribution >= 4 is 11.9 Å². The summed E-state index contributed by atoms with van der Waals surface area (Å²) in [5, 5.41) is 5.91. The van der Waals surface area contributed by atoms with E-state index in [-0.39, 0.29) is 19.0 Å². The molecule has 0 aliphatic rings. The fourth-order valence-corrected chi connectivity index (χ4v) is 1.93. The Labute approximate surface area is 151 Å². The molecule has 1 amide bonds. The van der Waals surface area contributed by atoms with Gasteiger partial charge in [0.25, 0.3) is 0 Å². The van der Waals surface area contributed by atoms with E-state index in [0.29, 0.717) is 24.7 Å². The summed E-state index contributed by atoms with van der Waals surface area (Å²) in [5.74, 6) is 0.212. The van der Waals surface area contributed by atoms with Crippen molar-refractivity contribution in [2.24, 2.45) is 4.99 Å². The highest BCUT2D eigenvalue weighted by Gasteiger charge is 2.30. The van der Waals surface area contributed by atoms with E-state index in [1.54, 1.807) is 27.3 Å². The molecule has 0 fully saturated rings. The van der Waals surface area contributed by atoms with Crippen LogP contribution in [-0.2, 0) is 22.3 Å². The lowest BCUT2D eigenvalue weighted by Crippen LogP contribution is -2.43. The van der Waals surface area contributed by atoms with Crippen molar-refractivity contribution in [2.75, 3.05) is 40.9 Å². The summed E-state index contributed by atoms with van der Waals surface area (Å²) in [4.78, 5) is 17.4. The first-order valence-corrected chi connectivity index (χ1v) is 8.11. The number of benzene rings is 1. The Morgan fingerprint density at radius 1 is 1.27 bits per heavy atom. The van der Waals surface area contributed by atoms with Crippen LogP contribution in [0.25, 0.3) is 0 Å². The number of halogens is 3. The van der Waals surface area contributed by atoms with Gasteiger partial charge in [0.05, 0.1) is 18.7 Å². The van der Waals surface area contributed by atoms with Gasteiger partial charge in [-0.25, -0.2) is 4.99 Å². The molecule has 2 N–H and O–H groups in total. The van der Waals surface area contributed by atoms with Gasteiger partial charge < -0.3 is 20.3 Å². The van der Waals surface area contributed by atoms with Gasteiger partial charge in [-0.2, -0.15) is 13.2 Å². The van der Waals surface area contributed by atoms with Gasteiger partial charge in [0.1, 0.15) is 0 Å². The first kappa shape index (κ1) is 21.8. The Kier molecular flexibility index (Phi) is 8.91. The number of carbonyl (C=O) groups is 1. The number of nitrogens with zero attached hydrogens (tertiary/aromatic N) is 2. The molecule has 0 spiro atoms. The van der Waals surface area contributed by atoms with Crippen LogP contribution >= 0.6 is 0 Å². The van der Waals surface area contributed by atoms with E-state index in [4.69, 9.17) is 4.74 Å². The number of aliphatic imine (C=N–C) groups is 1. The van der Waals surface area contributed by atoms with Crippen molar-refractivity contribution in [1.82, 2.24) is 15.5 Å². The maximum atomic E-state index is 12.8. The number of guanidine groups is 1. The maximum Gasteiger partial charge on any atom is 0.416 e. The number of rotatable bonds is 8. The van der Waals surface area contributed by atoms with E-state index in [2.05, 4.69) is 15.6 Å². The molecule has 1 rings (SSSR count). The fraction of sp³-hybridized carbons (Fsp3) is 0.529. The second kappa shape index (κ2) is 10.6. The molecule has 6 nitrogen and oxygen atoms in total. The topological polar surface area (TPSA) is 66.0 Å². The Bertz CT molecular complexity index is 604. The van der Waals surface area contributed by atoms with Crippen LogP contribution in [-0.4, -0.2) is 57.7 Å². The molecule has 0 atom stereocenters. The molecule has 0 saturated carbocycles. The van der Waals surface area contributed by atoms with Gasteiger partial charge in [-0.05, 0) is 24.1 Å². The third kappa shape index (κ3) is 8.19. The molecule has 1 aromatic carbocycles. The molecule has 0 heterocycles. The summed E-state index contributed by atoms with van der Waals surface area (Å²) < 4.78 is 43.3. The molecule has 0 aliphatic heterocycles. The van der Waals surface area contributed by atoms with Crippen molar-refractivity contribution in [3.63, 3.8) is 0 Å². The largest absolute Gasteiger partial charge is 0.416 e. The normalized spacial score (nSPS) is 12.0. The van der Waals surface area contributed by atoms with Gasteiger partial charge >= 0.3 is 6.18 Å². The first-order valence-electron chi connectivity index (χ1n) is 8.11. The average Bonchev–Trinajstić information content (AvgIpc) is 2.59. The van der Waals surface area contributed by atoms with Crippen LogP contribution < -0.4 is 10.6 Å². The second-order valence-corrected chi connectivity index (χ2v) is 5.78. The number of ether oxygens (including phenoxy) is 1. The summed E-state index contributed by atoms with van der Waals surface area (Å²) in [5.41, 5.74) is -0.285. The predicted octanol–water partition coefficient (Wildman–Crippen LogP) is 1.87. The molecule has 0 radical (unpaired) electrons. The minimum atomic E-state index is -4.39. The minimum Gasteiger partial charge on any atom is -0.385 e. The lowest BCUT2D eigenvalue weighted by Gasteiger charge is -2.15. The molecular weight excluding hydrogens is 349 g/mol. The number of carbonyl (C=O) groups excluding carboxylic acids is 1. The van der Waals surface area contributed by atoms with E-state index >= 15 is 0 Å². The van der Waals surface area contributed by atoms with Gasteiger partial charge in [0.2, 0.25) is 5.91 Å². The fourth-order valence-electron chi connectivity index (χ4n) is 1.93. The van der Waals surface area contributed by atoms with E-state index in [0.717, 1.165) is 18.6 Å². The smallest absolute Gasteiger partial charge is 0.385 e. The van der Waals surface area contributed by atoms with Crippen LogP contribution in [0, 0.1) is 0 Å². The number of methoxy groups -OCH3 is 1. The predicted molar refractivity (Wildman–Crippen MR) is 93.8 cm³/mol. The lowest BCUT2D eigenvalue weighted by molar-refractivity contribution is -0.137. The van der Waals surface area contributed by atoms with Crippen LogP contribution in [0.5, 0.6) is 0 Å². The number of likely N-dealkylation sites (N-methyl/N-ethyl adjacent to an activating group) is 1. The Morgan fingerprint density at radius 2 is 2.00 bits per heavy atom. The van der Waals surface area contributed by atoms with Crippen molar-refractivity contribution in [2.45, 2.75) is 19.1 Å². The van der Waals surface area contributed by atoms with Crippen molar-refractivity contribution in [3.05, 3.63) is 35.4 Å². The monoisotopic (exact) mass is 374 g/mol. The molecule has 146 valence electrons. The Morgan fingerprint density at radius 3 is 2.62 bits per heavy atom. The van der Waals surface area contributed by atoms with Gasteiger partial charge in [0, 0.05) is 34.4 Å². The minimum absolute atomic E-state index is 0.0334. The van der Waals surface area contributed by atoms with Gasteiger partial charge in [-0.15, -0.1) is 0 Å². The van der Waals surface area contributed by atoms with Crippen molar-refractivity contribution < 1.29 is 22.7 Å². The van der Waals surface area contributed by atoms with E-state index in [1.165, 1.54) is 11.0 Å². The van der Waals surface area contributed by atoms with Crippen LogP contribution in [0.15, 0.2) is 29.3 Å². The second-order valence-electron chi connectivity index (χ2n) is 5.78. The van der Waals surface area contributed by atoms with Crippen LogP contribution in [0.2, 0.25) is 0 Å². The van der Waals surface area contributed by atoms with Crippen LogP contribution in [0.3, 0.4) is 0 Å². The Balaban J connectivity index is 2.76. The zero-order chi connectivity index (χ0) is 19.6. The third-order valence-electron chi connectivity index (χ3n) is 3.40. The summed E-state index contributed by atoms with van der Waals surface area (Å²) in [7, 11) is 4.86. The Hall–Kier alpha value is -2.29. The highest BCUT2D eigenvalue weighted by atomic mass is 19.4. The molecule has 0 aromatic heterocycles. The maximum absolute atomic E-state index is 12.8. The average molecular weight is 374 g/mol. The summed E-state index contributed by atoms with van der Waals surface area (Å²) in [6, 6.07) is 5.01. The zero-order valence-corrected chi connectivity index (χ0v) is 15.2.